The molecule has 1 aliphatic rings. The van der Waals surface area contributed by atoms with Crippen molar-refractivity contribution >= 4 is 5.97 Å². The molecule has 1 N–H and O–H groups in total. The number of ether oxygens (including phenoxy) is 1. The van der Waals surface area contributed by atoms with Gasteiger partial charge in [0.2, 0.25) is 0 Å². The van der Waals surface area contributed by atoms with Gasteiger partial charge in [-0.15, -0.1) is 0 Å². The summed E-state index contributed by atoms with van der Waals surface area (Å²) in [6.07, 6.45) is 0.904. The summed E-state index contributed by atoms with van der Waals surface area (Å²) in [7, 11) is 0. The topological polar surface area (TPSA) is 38.3 Å². The monoisotopic (exact) mass is 171 g/mol. The number of esters is 1. The number of hydrogen-bond donors (Lipinski definition) is 1. The summed E-state index contributed by atoms with van der Waals surface area (Å²) in [5.74, 6) is 0.524. The lowest BCUT2D eigenvalue weighted by molar-refractivity contribution is -0.150. The Kier molecular flexibility index (Phi) is 3.53. The molecule has 1 heterocycles. The maximum absolute atomic E-state index is 11.3. The van der Waals surface area contributed by atoms with Gasteiger partial charge in [0.15, 0.2) is 0 Å². The van der Waals surface area contributed by atoms with Gasteiger partial charge in [0, 0.05) is 0 Å². The molecule has 0 aromatic carbocycles. The predicted molar refractivity (Wildman–Crippen MR) is 46.8 cm³/mol. The van der Waals surface area contributed by atoms with Crippen LogP contribution >= 0.6 is 0 Å². The van der Waals surface area contributed by atoms with Crippen LogP contribution in [-0.4, -0.2) is 25.7 Å². The average molecular weight is 171 g/mol. The molecule has 12 heavy (non-hydrogen) atoms. The van der Waals surface area contributed by atoms with Gasteiger partial charge >= 0.3 is 5.97 Å². The highest BCUT2D eigenvalue weighted by Gasteiger charge is 2.29. The average Bonchev–Trinajstić information content (AvgIpc) is 1.96. The van der Waals surface area contributed by atoms with Crippen LogP contribution in [0.5, 0.6) is 0 Å². The van der Waals surface area contributed by atoms with Crippen molar-refractivity contribution in [1.82, 2.24) is 5.32 Å². The second kappa shape index (κ2) is 4.45. The van der Waals surface area contributed by atoms with E-state index >= 15 is 0 Å². The third kappa shape index (κ3) is 2.21. The van der Waals surface area contributed by atoms with E-state index in [2.05, 4.69) is 5.32 Å². The van der Waals surface area contributed by atoms with E-state index in [0.717, 1.165) is 19.5 Å². The van der Waals surface area contributed by atoms with Crippen LogP contribution in [0.1, 0.15) is 20.3 Å². The minimum atomic E-state index is -0.0386. The van der Waals surface area contributed by atoms with Crippen LogP contribution in [0.3, 0.4) is 0 Å². The first-order chi connectivity index (χ1) is 5.75. The Morgan fingerprint density at radius 1 is 1.67 bits per heavy atom. The molecule has 1 rings (SSSR count). The molecule has 1 unspecified atom stereocenters. The first-order valence-corrected chi connectivity index (χ1v) is 4.63. The van der Waals surface area contributed by atoms with Crippen LogP contribution in [0.2, 0.25) is 0 Å². The van der Waals surface area contributed by atoms with Crippen molar-refractivity contribution in [3.05, 3.63) is 0 Å². The van der Waals surface area contributed by atoms with Crippen molar-refractivity contribution in [3.63, 3.8) is 0 Å². The summed E-state index contributed by atoms with van der Waals surface area (Å²) in [5, 5.41) is 3.15. The fourth-order valence-electron chi connectivity index (χ4n) is 1.19. The first-order valence-electron chi connectivity index (χ1n) is 4.63. The van der Waals surface area contributed by atoms with Crippen molar-refractivity contribution in [1.29, 1.82) is 0 Å². The maximum atomic E-state index is 11.3. The number of hydrogen-bond acceptors (Lipinski definition) is 3. The van der Waals surface area contributed by atoms with E-state index in [1.54, 1.807) is 0 Å². The lowest BCUT2D eigenvalue weighted by Gasteiger charge is -2.31. The Morgan fingerprint density at radius 3 is 2.75 bits per heavy atom. The Morgan fingerprint density at radius 2 is 2.33 bits per heavy atom. The van der Waals surface area contributed by atoms with Gasteiger partial charge in [0.25, 0.3) is 0 Å². The van der Waals surface area contributed by atoms with Crippen molar-refractivity contribution in [2.75, 3.05) is 19.7 Å². The smallest absolute Gasteiger partial charge is 0.309 e. The lowest BCUT2D eigenvalue weighted by Crippen LogP contribution is -2.47. The Hall–Kier alpha value is -0.570. The van der Waals surface area contributed by atoms with E-state index in [1.165, 1.54) is 0 Å². The molecule has 0 amide bonds. The van der Waals surface area contributed by atoms with E-state index in [-0.39, 0.29) is 11.9 Å². The van der Waals surface area contributed by atoms with Crippen LogP contribution in [0.25, 0.3) is 0 Å². The molecule has 0 aromatic heterocycles. The third-order valence-electron chi connectivity index (χ3n) is 2.34. The zero-order chi connectivity index (χ0) is 8.97. The largest absolute Gasteiger partial charge is 0.465 e. The molecule has 0 radical (unpaired) electrons. The van der Waals surface area contributed by atoms with Crippen LogP contribution < -0.4 is 5.32 Å². The molecule has 0 spiro atoms. The van der Waals surface area contributed by atoms with Gasteiger partial charge < -0.3 is 10.1 Å². The van der Waals surface area contributed by atoms with Gasteiger partial charge in [-0.3, -0.25) is 4.79 Å². The second-order valence-electron chi connectivity index (χ2n) is 3.37. The standard InChI is InChI=1S/C9H17NO2/c1-3-4-12-9(11)7(2)8-5-10-6-8/h7-8,10H,3-6H2,1-2H3. The number of rotatable bonds is 4. The molecule has 1 saturated heterocycles. The second-order valence-corrected chi connectivity index (χ2v) is 3.37. The van der Waals surface area contributed by atoms with Gasteiger partial charge in [0.05, 0.1) is 12.5 Å². The van der Waals surface area contributed by atoms with E-state index in [0.29, 0.717) is 12.5 Å². The Bertz CT molecular complexity index is 155. The molecular weight excluding hydrogens is 154 g/mol. The molecule has 0 bridgehead atoms. The molecule has 70 valence electrons. The molecule has 3 heteroatoms. The van der Waals surface area contributed by atoms with Crippen molar-refractivity contribution in [2.45, 2.75) is 20.3 Å². The summed E-state index contributed by atoms with van der Waals surface area (Å²) in [6.45, 7) is 6.43. The quantitative estimate of drug-likeness (QED) is 0.636. The molecule has 1 fully saturated rings. The van der Waals surface area contributed by atoms with Gasteiger partial charge in [-0.2, -0.15) is 0 Å². The van der Waals surface area contributed by atoms with Crippen molar-refractivity contribution in [2.24, 2.45) is 11.8 Å². The highest BCUT2D eigenvalue weighted by Crippen LogP contribution is 2.16. The molecule has 1 aliphatic heterocycles. The third-order valence-corrected chi connectivity index (χ3v) is 2.34. The number of carbonyl (C=O) groups excluding carboxylic acids is 1. The summed E-state index contributed by atoms with van der Waals surface area (Å²) < 4.78 is 5.04. The Balaban J connectivity index is 2.20. The lowest BCUT2D eigenvalue weighted by atomic mass is 9.89. The molecule has 1 atom stereocenters. The van der Waals surface area contributed by atoms with Gasteiger partial charge in [-0.25, -0.2) is 0 Å². The summed E-state index contributed by atoms with van der Waals surface area (Å²) in [6, 6.07) is 0. The fourth-order valence-corrected chi connectivity index (χ4v) is 1.19. The summed E-state index contributed by atoms with van der Waals surface area (Å²) >= 11 is 0. The van der Waals surface area contributed by atoms with Crippen LogP contribution in [0.15, 0.2) is 0 Å². The Labute approximate surface area is 73.5 Å². The normalized spacial score (nSPS) is 19.8. The highest BCUT2D eigenvalue weighted by molar-refractivity contribution is 5.72. The first kappa shape index (κ1) is 9.52. The summed E-state index contributed by atoms with van der Waals surface area (Å²) in [5.41, 5.74) is 0. The maximum Gasteiger partial charge on any atom is 0.309 e. The van der Waals surface area contributed by atoms with Crippen LogP contribution in [0.4, 0.5) is 0 Å². The van der Waals surface area contributed by atoms with Gasteiger partial charge in [-0.1, -0.05) is 13.8 Å². The molecule has 0 saturated carbocycles. The van der Waals surface area contributed by atoms with E-state index < -0.39 is 0 Å². The predicted octanol–water partition coefficient (Wildman–Crippen LogP) is 0.795. The van der Waals surface area contributed by atoms with E-state index in [9.17, 15) is 4.79 Å². The zero-order valence-corrected chi connectivity index (χ0v) is 7.80. The zero-order valence-electron chi connectivity index (χ0n) is 7.80. The SMILES string of the molecule is CCCOC(=O)C(C)C1CNC1. The number of nitrogens with one attached hydrogen (secondary N) is 1. The highest BCUT2D eigenvalue weighted by atomic mass is 16.5. The van der Waals surface area contributed by atoms with Gasteiger partial charge in [-0.05, 0) is 25.4 Å². The number of carbonyl (C=O) groups is 1. The molecule has 3 nitrogen and oxygen atoms in total. The van der Waals surface area contributed by atoms with Crippen LogP contribution in [0, 0.1) is 11.8 Å². The van der Waals surface area contributed by atoms with Crippen molar-refractivity contribution < 1.29 is 9.53 Å². The van der Waals surface area contributed by atoms with Gasteiger partial charge in [0.1, 0.15) is 0 Å². The van der Waals surface area contributed by atoms with Crippen molar-refractivity contribution in [3.8, 4) is 0 Å². The summed E-state index contributed by atoms with van der Waals surface area (Å²) in [4.78, 5) is 11.3. The van der Waals surface area contributed by atoms with E-state index in [1.807, 2.05) is 13.8 Å². The minimum absolute atomic E-state index is 0.0386. The van der Waals surface area contributed by atoms with Crippen LogP contribution in [-0.2, 0) is 9.53 Å². The molecular formula is C9H17NO2. The fraction of sp³-hybridized carbons (Fsp3) is 0.889. The minimum Gasteiger partial charge on any atom is -0.465 e. The van der Waals surface area contributed by atoms with E-state index in [4.69, 9.17) is 4.74 Å². The molecule has 0 aliphatic carbocycles. The molecule has 0 aromatic rings.